The molecule has 3 aromatic rings. The van der Waals surface area contributed by atoms with Crippen LogP contribution >= 0.6 is 34.2 Å². The minimum absolute atomic E-state index is 0.250. The van der Waals surface area contributed by atoms with E-state index in [2.05, 4.69) is 27.6 Å². The van der Waals surface area contributed by atoms with Crippen molar-refractivity contribution in [3.63, 3.8) is 0 Å². The molecule has 1 aromatic heterocycles. The van der Waals surface area contributed by atoms with Gasteiger partial charge in [0, 0.05) is 8.59 Å². The van der Waals surface area contributed by atoms with Gasteiger partial charge in [0.1, 0.15) is 5.52 Å². The molecule has 0 spiro atoms. The number of halogens is 3. The smallest absolute Gasteiger partial charge is 0.206 e. The maximum absolute atomic E-state index is 13.7. The molecule has 0 saturated heterocycles. The highest BCUT2D eigenvalue weighted by Gasteiger charge is 2.14. The number of imidazole rings is 1. The van der Waals surface area contributed by atoms with Crippen LogP contribution in [-0.4, -0.2) is 9.55 Å². The first-order chi connectivity index (χ1) is 9.08. The third-order valence-electron chi connectivity index (χ3n) is 2.81. The van der Waals surface area contributed by atoms with E-state index >= 15 is 0 Å². The summed E-state index contributed by atoms with van der Waals surface area (Å²) in [6, 6.07) is 10.2. The number of nitrogens with two attached hydrogens (primary N) is 1. The molecule has 3 rings (SSSR count). The highest BCUT2D eigenvalue weighted by atomic mass is 127. The summed E-state index contributed by atoms with van der Waals surface area (Å²) in [4.78, 5) is 4.08. The Kier molecular flexibility index (Phi) is 3.10. The molecule has 19 heavy (non-hydrogen) atoms. The molecule has 0 aliphatic heterocycles. The van der Waals surface area contributed by atoms with Gasteiger partial charge in [-0.05, 0) is 52.9 Å². The Bertz CT molecular complexity index is 785. The van der Waals surface area contributed by atoms with Gasteiger partial charge in [-0.3, -0.25) is 4.57 Å². The SMILES string of the molecule is Nc1nc2c(F)cccc2n1-c1ccc(Cl)cc1I. The van der Waals surface area contributed by atoms with Gasteiger partial charge in [0.2, 0.25) is 5.95 Å². The van der Waals surface area contributed by atoms with E-state index in [-0.39, 0.29) is 17.3 Å². The second-order valence-corrected chi connectivity index (χ2v) is 5.61. The fourth-order valence-corrected chi connectivity index (χ4v) is 3.11. The number of para-hydroxylation sites is 1. The summed E-state index contributed by atoms with van der Waals surface area (Å²) in [7, 11) is 0. The molecule has 2 N–H and O–H groups in total. The van der Waals surface area contributed by atoms with Crippen LogP contribution in [0.15, 0.2) is 36.4 Å². The number of nitrogen functional groups attached to an aromatic ring is 1. The summed E-state index contributed by atoms with van der Waals surface area (Å²) >= 11 is 8.10. The normalized spacial score (nSPS) is 11.1. The van der Waals surface area contributed by atoms with Crippen LogP contribution in [0.5, 0.6) is 0 Å². The molecule has 0 aliphatic rings. The van der Waals surface area contributed by atoms with Crippen LogP contribution in [0.25, 0.3) is 16.7 Å². The van der Waals surface area contributed by atoms with Crippen LogP contribution < -0.4 is 5.73 Å². The summed E-state index contributed by atoms with van der Waals surface area (Å²) in [5, 5.41) is 0.641. The Hall–Kier alpha value is -1.34. The molecule has 6 heteroatoms. The van der Waals surface area contributed by atoms with Gasteiger partial charge in [0.05, 0.1) is 11.2 Å². The Morgan fingerprint density at radius 3 is 2.79 bits per heavy atom. The van der Waals surface area contributed by atoms with E-state index < -0.39 is 0 Å². The molecule has 0 amide bonds. The van der Waals surface area contributed by atoms with Crippen LogP contribution in [0.2, 0.25) is 5.02 Å². The summed E-state index contributed by atoms with van der Waals surface area (Å²) in [5.41, 5.74) is 7.65. The summed E-state index contributed by atoms with van der Waals surface area (Å²) in [6.45, 7) is 0. The zero-order valence-corrected chi connectivity index (χ0v) is 12.5. The summed E-state index contributed by atoms with van der Waals surface area (Å²) < 4.78 is 16.3. The van der Waals surface area contributed by atoms with Gasteiger partial charge in [0.15, 0.2) is 5.82 Å². The van der Waals surface area contributed by atoms with E-state index in [9.17, 15) is 4.39 Å². The number of anilines is 1. The zero-order chi connectivity index (χ0) is 13.6. The average Bonchev–Trinajstić information content (AvgIpc) is 2.68. The zero-order valence-electron chi connectivity index (χ0n) is 9.57. The lowest BCUT2D eigenvalue weighted by Gasteiger charge is -2.09. The summed E-state index contributed by atoms with van der Waals surface area (Å²) in [5.74, 6) is -0.132. The first-order valence-electron chi connectivity index (χ1n) is 5.46. The van der Waals surface area contributed by atoms with Crippen molar-refractivity contribution in [2.75, 3.05) is 5.73 Å². The Morgan fingerprint density at radius 1 is 1.26 bits per heavy atom. The largest absolute Gasteiger partial charge is 0.369 e. The maximum Gasteiger partial charge on any atom is 0.206 e. The van der Waals surface area contributed by atoms with Gasteiger partial charge >= 0.3 is 0 Å². The second-order valence-electron chi connectivity index (χ2n) is 4.01. The number of hydrogen-bond donors (Lipinski definition) is 1. The van der Waals surface area contributed by atoms with Crippen molar-refractivity contribution in [2.45, 2.75) is 0 Å². The lowest BCUT2D eigenvalue weighted by molar-refractivity contribution is 0.637. The second kappa shape index (κ2) is 4.64. The number of aromatic nitrogens is 2. The molecular formula is C13H8ClFIN3. The lowest BCUT2D eigenvalue weighted by atomic mass is 10.2. The molecule has 0 unspecified atom stereocenters. The standard InChI is InChI=1S/C13H8ClFIN3/c14-7-4-5-10(9(16)6-7)19-11-3-1-2-8(15)12(11)18-13(19)17/h1-6H,(H2,17,18). The third kappa shape index (κ3) is 2.06. The fourth-order valence-electron chi connectivity index (χ4n) is 2.00. The van der Waals surface area contributed by atoms with Gasteiger partial charge < -0.3 is 5.73 Å². The van der Waals surface area contributed by atoms with E-state index in [4.69, 9.17) is 17.3 Å². The molecule has 3 nitrogen and oxygen atoms in total. The van der Waals surface area contributed by atoms with Gasteiger partial charge in [-0.1, -0.05) is 17.7 Å². The van der Waals surface area contributed by atoms with E-state index in [0.717, 1.165) is 9.26 Å². The van der Waals surface area contributed by atoms with Gasteiger partial charge in [-0.2, -0.15) is 0 Å². The van der Waals surface area contributed by atoms with Gasteiger partial charge in [-0.25, -0.2) is 9.37 Å². The molecule has 1 heterocycles. The molecule has 0 bridgehead atoms. The number of rotatable bonds is 1. The maximum atomic E-state index is 13.7. The fraction of sp³-hybridized carbons (Fsp3) is 0. The Balaban J connectivity index is 2.36. The van der Waals surface area contributed by atoms with Crippen LogP contribution in [-0.2, 0) is 0 Å². The molecular weight excluding hydrogens is 380 g/mol. The number of benzene rings is 2. The van der Waals surface area contributed by atoms with Crippen molar-refractivity contribution >= 4 is 51.2 Å². The van der Waals surface area contributed by atoms with Crippen LogP contribution in [0, 0.1) is 9.39 Å². The molecule has 0 saturated carbocycles. The van der Waals surface area contributed by atoms with Crippen molar-refractivity contribution < 1.29 is 4.39 Å². The monoisotopic (exact) mass is 387 g/mol. The lowest BCUT2D eigenvalue weighted by Crippen LogP contribution is -2.02. The Morgan fingerprint density at radius 2 is 2.05 bits per heavy atom. The van der Waals surface area contributed by atoms with E-state index in [1.54, 1.807) is 22.8 Å². The van der Waals surface area contributed by atoms with Crippen LogP contribution in [0.3, 0.4) is 0 Å². The number of nitrogens with zero attached hydrogens (tertiary/aromatic N) is 2. The molecule has 96 valence electrons. The first kappa shape index (κ1) is 12.7. The van der Waals surface area contributed by atoms with Crippen molar-refractivity contribution in [3.8, 4) is 5.69 Å². The highest BCUT2D eigenvalue weighted by molar-refractivity contribution is 14.1. The average molecular weight is 388 g/mol. The Labute approximate surface area is 127 Å². The molecule has 0 fully saturated rings. The number of hydrogen-bond acceptors (Lipinski definition) is 2. The van der Waals surface area contributed by atoms with Gasteiger partial charge in [-0.15, -0.1) is 0 Å². The predicted octanol–water partition coefficient (Wildman–Crippen LogP) is 4.00. The summed E-state index contributed by atoms with van der Waals surface area (Å²) in [6.07, 6.45) is 0. The first-order valence-corrected chi connectivity index (χ1v) is 6.91. The predicted molar refractivity (Wildman–Crippen MR) is 83.2 cm³/mol. The van der Waals surface area contributed by atoms with Crippen molar-refractivity contribution in [3.05, 3.63) is 50.8 Å². The topological polar surface area (TPSA) is 43.8 Å². The van der Waals surface area contributed by atoms with E-state index in [1.807, 2.05) is 12.1 Å². The van der Waals surface area contributed by atoms with Crippen LogP contribution in [0.4, 0.5) is 10.3 Å². The van der Waals surface area contributed by atoms with E-state index in [1.165, 1.54) is 6.07 Å². The molecule has 0 atom stereocenters. The minimum Gasteiger partial charge on any atom is -0.369 e. The molecule has 2 aromatic carbocycles. The van der Waals surface area contributed by atoms with Crippen molar-refractivity contribution in [1.82, 2.24) is 9.55 Å². The quantitative estimate of drug-likeness (QED) is 0.641. The molecule has 0 radical (unpaired) electrons. The van der Waals surface area contributed by atoms with E-state index in [0.29, 0.717) is 10.5 Å². The van der Waals surface area contributed by atoms with Crippen LogP contribution in [0.1, 0.15) is 0 Å². The van der Waals surface area contributed by atoms with Gasteiger partial charge in [0.25, 0.3) is 0 Å². The van der Waals surface area contributed by atoms with Crippen molar-refractivity contribution in [2.24, 2.45) is 0 Å². The third-order valence-corrected chi connectivity index (χ3v) is 3.91. The minimum atomic E-state index is -0.382. The highest BCUT2D eigenvalue weighted by Crippen LogP contribution is 2.28. The van der Waals surface area contributed by atoms with Crippen molar-refractivity contribution in [1.29, 1.82) is 0 Å². The number of fused-ring (bicyclic) bond motifs is 1. The molecule has 0 aliphatic carbocycles.